The monoisotopic (exact) mass is 377 g/mol. The molecule has 1 amide bonds. The first kappa shape index (κ1) is 21.6. The number of amides is 1. The van der Waals surface area contributed by atoms with Gasteiger partial charge in [0.1, 0.15) is 5.75 Å². The molecule has 8 heteroatoms. The maximum atomic E-state index is 12.2. The summed E-state index contributed by atoms with van der Waals surface area (Å²) in [4.78, 5) is 14.4. The molecule has 1 aromatic rings. The van der Waals surface area contributed by atoms with E-state index in [4.69, 9.17) is 5.73 Å². The lowest BCUT2D eigenvalue weighted by atomic mass is 9.94. The summed E-state index contributed by atoms with van der Waals surface area (Å²) in [7, 11) is 0. The molecule has 2 unspecified atom stereocenters. The highest BCUT2D eigenvalue weighted by Gasteiger charge is 2.28. The van der Waals surface area contributed by atoms with Gasteiger partial charge in [-0.3, -0.25) is 9.69 Å². The number of carbonyl (C=O) groups excluding carboxylic acids is 1. The number of hydrogen-bond acceptors (Lipinski definition) is 4. The number of nitrogens with one attached hydrogen (secondary N) is 1. The number of alkyl halides is 2. The second-order valence-electron chi connectivity index (χ2n) is 6.04. The van der Waals surface area contributed by atoms with Crippen LogP contribution in [0.1, 0.15) is 31.4 Å². The van der Waals surface area contributed by atoms with Gasteiger partial charge in [0, 0.05) is 25.7 Å². The minimum Gasteiger partial charge on any atom is -0.435 e. The summed E-state index contributed by atoms with van der Waals surface area (Å²) in [6.07, 6.45) is 1.83. The molecule has 3 N–H and O–H groups in total. The third kappa shape index (κ3) is 6.41. The molecule has 0 aromatic heterocycles. The van der Waals surface area contributed by atoms with Gasteiger partial charge in [0.2, 0.25) is 5.91 Å². The van der Waals surface area contributed by atoms with Crippen LogP contribution >= 0.6 is 12.4 Å². The topological polar surface area (TPSA) is 67.6 Å². The molecule has 0 saturated carbocycles. The predicted octanol–water partition coefficient (Wildman–Crippen LogP) is 2.56. The number of benzene rings is 1. The number of piperidine rings is 1. The van der Waals surface area contributed by atoms with Crippen LogP contribution in [0.4, 0.5) is 8.78 Å². The van der Waals surface area contributed by atoms with Crippen LogP contribution in [0.3, 0.4) is 0 Å². The summed E-state index contributed by atoms with van der Waals surface area (Å²) < 4.78 is 28.8. The zero-order chi connectivity index (χ0) is 17.5. The number of ether oxygens (including phenoxy) is 1. The Balaban J connectivity index is 0.00000312. The highest BCUT2D eigenvalue weighted by Crippen LogP contribution is 2.28. The summed E-state index contributed by atoms with van der Waals surface area (Å²) in [5, 5.41) is 2.85. The first-order valence-electron chi connectivity index (χ1n) is 8.28. The third-order valence-corrected chi connectivity index (χ3v) is 4.40. The number of nitrogens with zero attached hydrogens (tertiary/aromatic N) is 1. The molecule has 5 nitrogen and oxygen atoms in total. The number of carbonyl (C=O) groups is 1. The average molecular weight is 378 g/mol. The Morgan fingerprint density at radius 1 is 1.40 bits per heavy atom. The largest absolute Gasteiger partial charge is 0.435 e. The van der Waals surface area contributed by atoms with Crippen LogP contribution in [0.2, 0.25) is 0 Å². The molecule has 1 saturated heterocycles. The molecule has 25 heavy (non-hydrogen) atoms. The SMILES string of the molecule is CC(c1ccc(OC(F)F)cc1)N1CCCC(C(=O)NCCN)C1.Cl. The van der Waals surface area contributed by atoms with Crippen LogP contribution in [-0.2, 0) is 4.79 Å². The van der Waals surface area contributed by atoms with Gasteiger partial charge >= 0.3 is 6.61 Å². The maximum absolute atomic E-state index is 12.2. The lowest BCUT2D eigenvalue weighted by Crippen LogP contribution is -2.44. The molecule has 1 heterocycles. The summed E-state index contributed by atoms with van der Waals surface area (Å²) in [6.45, 7) is 1.78. The van der Waals surface area contributed by atoms with Gasteiger partial charge in [-0.05, 0) is 44.0 Å². The van der Waals surface area contributed by atoms with E-state index in [0.29, 0.717) is 19.6 Å². The second kappa shape index (κ2) is 10.5. The minimum absolute atomic E-state index is 0. The molecule has 142 valence electrons. The van der Waals surface area contributed by atoms with Crippen LogP contribution in [0.5, 0.6) is 5.75 Å². The van der Waals surface area contributed by atoms with Crippen LogP contribution in [0, 0.1) is 5.92 Å². The summed E-state index contributed by atoms with van der Waals surface area (Å²) in [6, 6.07) is 6.79. The van der Waals surface area contributed by atoms with Crippen molar-refractivity contribution in [3.8, 4) is 5.75 Å². The molecule has 2 rings (SSSR count). The molecule has 1 aliphatic rings. The Bertz CT molecular complexity index is 531. The van der Waals surface area contributed by atoms with Crippen molar-refractivity contribution in [1.29, 1.82) is 0 Å². The van der Waals surface area contributed by atoms with Crippen molar-refractivity contribution < 1.29 is 18.3 Å². The number of nitrogens with two attached hydrogens (primary N) is 1. The predicted molar refractivity (Wildman–Crippen MR) is 95.1 cm³/mol. The number of hydrogen-bond donors (Lipinski definition) is 2. The quantitative estimate of drug-likeness (QED) is 0.766. The van der Waals surface area contributed by atoms with E-state index in [9.17, 15) is 13.6 Å². The van der Waals surface area contributed by atoms with Crippen molar-refractivity contribution in [2.75, 3.05) is 26.2 Å². The van der Waals surface area contributed by atoms with E-state index in [1.54, 1.807) is 24.3 Å². The normalized spacial score (nSPS) is 19.2. The van der Waals surface area contributed by atoms with Crippen LogP contribution < -0.4 is 15.8 Å². The third-order valence-electron chi connectivity index (χ3n) is 4.40. The Kier molecular flexibility index (Phi) is 9.10. The molecule has 1 aromatic carbocycles. The smallest absolute Gasteiger partial charge is 0.387 e. The Labute approximate surface area is 153 Å². The molecule has 0 spiro atoms. The minimum atomic E-state index is -2.82. The van der Waals surface area contributed by atoms with E-state index in [1.807, 2.05) is 0 Å². The first-order valence-corrected chi connectivity index (χ1v) is 8.28. The molecule has 1 fully saturated rings. The van der Waals surface area contributed by atoms with Crippen LogP contribution in [0.25, 0.3) is 0 Å². The van der Waals surface area contributed by atoms with Crippen LogP contribution in [0.15, 0.2) is 24.3 Å². The maximum Gasteiger partial charge on any atom is 0.387 e. The molecule has 2 atom stereocenters. The molecular weight excluding hydrogens is 352 g/mol. The Morgan fingerprint density at radius 2 is 2.08 bits per heavy atom. The first-order chi connectivity index (χ1) is 11.5. The molecular formula is C17H26ClF2N3O2. The second-order valence-corrected chi connectivity index (χ2v) is 6.04. The molecule has 0 bridgehead atoms. The van der Waals surface area contributed by atoms with Crippen molar-refractivity contribution >= 4 is 18.3 Å². The highest BCUT2D eigenvalue weighted by molar-refractivity contribution is 5.85. The number of rotatable bonds is 7. The lowest BCUT2D eigenvalue weighted by Gasteiger charge is -2.36. The van der Waals surface area contributed by atoms with Gasteiger partial charge in [-0.15, -0.1) is 12.4 Å². The number of likely N-dealkylation sites (tertiary alicyclic amines) is 1. The molecule has 0 radical (unpaired) electrons. The zero-order valence-corrected chi connectivity index (χ0v) is 15.1. The number of halogens is 3. The van der Waals surface area contributed by atoms with Gasteiger partial charge in [-0.25, -0.2) is 0 Å². The highest BCUT2D eigenvalue weighted by atomic mass is 35.5. The van der Waals surface area contributed by atoms with Crippen molar-refractivity contribution in [1.82, 2.24) is 10.2 Å². The summed E-state index contributed by atoms with van der Waals surface area (Å²) >= 11 is 0. The Hall–Kier alpha value is -1.44. The van der Waals surface area contributed by atoms with E-state index in [0.717, 1.165) is 24.9 Å². The van der Waals surface area contributed by atoms with Gasteiger partial charge in [0.05, 0.1) is 5.92 Å². The lowest BCUT2D eigenvalue weighted by molar-refractivity contribution is -0.126. The molecule has 0 aliphatic carbocycles. The summed E-state index contributed by atoms with van der Waals surface area (Å²) in [5.74, 6) is 0.172. The standard InChI is InChI=1S/C17H25F2N3O2.ClH/c1-12(13-4-6-15(7-5-13)24-17(18)19)22-10-2-3-14(11-22)16(23)21-9-8-20;/h4-7,12,14,17H,2-3,8-11,20H2,1H3,(H,21,23);1H. The fourth-order valence-electron chi connectivity index (χ4n) is 3.05. The van der Waals surface area contributed by atoms with Crippen molar-refractivity contribution in [3.63, 3.8) is 0 Å². The molecule has 1 aliphatic heterocycles. The van der Waals surface area contributed by atoms with Gasteiger partial charge < -0.3 is 15.8 Å². The van der Waals surface area contributed by atoms with E-state index in [2.05, 4.69) is 21.9 Å². The van der Waals surface area contributed by atoms with Gasteiger partial charge in [0.25, 0.3) is 0 Å². The van der Waals surface area contributed by atoms with Crippen molar-refractivity contribution in [3.05, 3.63) is 29.8 Å². The van der Waals surface area contributed by atoms with Crippen molar-refractivity contribution in [2.45, 2.75) is 32.4 Å². The van der Waals surface area contributed by atoms with Gasteiger partial charge in [-0.1, -0.05) is 12.1 Å². The fraction of sp³-hybridized carbons (Fsp3) is 0.588. The van der Waals surface area contributed by atoms with Crippen molar-refractivity contribution in [2.24, 2.45) is 11.7 Å². The van der Waals surface area contributed by atoms with E-state index in [-0.39, 0.29) is 36.0 Å². The van der Waals surface area contributed by atoms with Crippen LogP contribution in [-0.4, -0.2) is 43.6 Å². The van der Waals surface area contributed by atoms with Gasteiger partial charge in [0.15, 0.2) is 0 Å². The van der Waals surface area contributed by atoms with E-state index >= 15 is 0 Å². The zero-order valence-electron chi connectivity index (χ0n) is 14.3. The van der Waals surface area contributed by atoms with E-state index in [1.165, 1.54) is 0 Å². The Morgan fingerprint density at radius 3 is 2.68 bits per heavy atom. The fourth-order valence-corrected chi connectivity index (χ4v) is 3.05. The average Bonchev–Trinajstić information content (AvgIpc) is 2.59. The van der Waals surface area contributed by atoms with Gasteiger partial charge in [-0.2, -0.15) is 8.78 Å². The summed E-state index contributed by atoms with van der Waals surface area (Å²) in [5.41, 5.74) is 6.43. The van der Waals surface area contributed by atoms with E-state index < -0.39 is 6.61 Å².